The highest BCUT2D eigenvalue weighted by Crippen LogP contribution is 2.34. The molecule has 1 aromatic carbocycles. The quantitative estimate of drug-likeness (QED) is 0.768. The summed E-state index contributed by atoms with van der Waals surface area (Å²) >= 11 is 0. The molecule has 1 atom stereocenters. The summed E-state index contributed by atoms with van der Waals surface area (Å²) < 4.78 is 5.99. The SMILES string of the molecule is CC(C)(C)C(C)(CN=N)Oc1ccccc1. The van der Waals surface area contributed by atoms with Crippen molar-refractivity contribution >= 4 is 0 Å². The number of nitrogens with one attached hydrogen (secondary N) is 1. The van der Waals surface area contributed by atoms with Crippen LogP contribution in [0.25, 0.3) is 0 Å². The first kappa shape index (κ1) is 12.7. The van der Waals surface area contributed by atoms with E-state index in [1.807, 2.05) is 37.3 Å². The van der Waals surface area contributed by atoms with E-state index in [1.165, 1.54) is 0 Å². The molecule has 0 heterocycles. The molecule has 1 rings (SSSR count). The average Bonchev–Trinajstić information content (AvgIpc) is 2.17. The summed E-state index contributed by atoms with van der Waals surface area (Å²) in [6.07, 6.45) is 0. The fourth-order valence-electron chi connectivity index (χ4n) is 1.32. The summed E-state index contributed by atoms with van der Waals surface area (Å²) in [5.41, 5.74) is 6.51. The third kappa shape index (κ3) is 2.81. The molecule has 0 radical (unpaired) electrons. The van der Waals surface area contributed by atoms with Crippen molar-refractivity contribution in [3.8, 4) is 5.75 Å². The zero-order valence-electron chi connectivity index (χ0n) is 10.4. The maximum Gasteiger partial charge on any atom is 0.132 e. The van der Waals surface area contributed by atoms with Gasteiger partial charge in [0.25, 0.3) is 0 Å². The van der Waals surface area contributed by atoms with Crippen molar-refractivity contribution in [3.63, 3.8) is 0 Å². The van der Waals surface area contributed by atoms with Gasteiger partial charge in [-0.15, -0.1) is 0 Å². The summed E-state index contributed by atoms with van der Waals surface area (Å²) in [5.74, 6) is 0.823. The van der Waals surface area contributed by atoms with Gasteiger partial charge in [0.1, 0.15) is 11.4 Å². The number of hydrogen-bond acceptors (Lipinski definition) is 3. The van der Waals surface area contributed by atoms with Gasteiger partial charge in [0, 0.05) is 5.41 Å². The molecular weight excluding hydrogens is 200 g/mol. The number of hydrogen-bond donors (Lipinski definition) is 1. The van der Waals surface area contributed by atoms with Crippen molar-refractivity contribution < 1.29 is 4.74 Å². The van der Waals surface area contributed by atoms with Crippen molar-refractivity contribution in [3.05, 3.63) is 30.3 Å². The number of para-hydroxylation sites is 1. The minimum Gasteiger partial charge on any atom is -0.485 e. The lowest BCUT2D eigenvalue weighted by atomic mass is 9.77. The molecule has 0 aromatic heterocycles. The topological polar surface area (TPSA) is 45.4 Å². The molecular formula is C13H20N2O. The van der Waals surface area contributed by atoms with Crippen LogP contribution in [0, 0.1) is 10.9 Å². The van der Waals surface area contributed by atoms with E-state index in [-0.39, 0.29) is 5.41 Å². The van der Waals surface area contributed by atoms with Gasteiger partial charge in [-0.3, -0.25) is 0 Å². The minimum atomic E-state index is -0.462. The van der Waals surface area contributed by atoms with Gasteiger partial charge in [-0.05, 0) is 19.1 Å². The Balaban J connectivity index is 2.92. The molecule has 0 fully saturated rings. The molecule has 0 bridgehead atoms. The van der Waals surface area contributed by atoms with Crippen LogP contribution in [0.4, 0.5) is 0 Å². The normalized spacial score (nSPS) is 15.2. The average molecular weight is 220 g/mol. The summed E-state index contributed by atoms with van der Waals surface area (Å²) in [6.45, 7) is 8.66. The summed E-state index contributed by atoms with van der Waals surface area (Å²) in [6, 6.07) is 9.69. The molecule has 1 aromatic rings. The van der Waals surface area contributed by atoms with Crippen LogP contribution in [0.2, 0.25) is 0 Å². The maximum absolute atomic E-state index is 7.05. The lowest BCUT2D eigenvalue weighted by Gasteiger charge is -2.40. The second-order valence-corrected chi connectivity index (χ2v) is 5.21. The van der Waals surface area contributed by atoms with Crippen LogP contribution in [0.5, 0.6) is 5.75 Å². The van der Waals surface area contributed by atoms with Crippen LogP contribution in [0.15, 0.2) is 35.4 Å². The Bertz CT molecular complexity index is 343. The Hall–Kier alpha value is -1.38. The predicted molar refractivity (Wildman–Crippen MR) is 64.9 cm³/mol. The third-order valence-corrected chi connectivity index (χ3v) is 3.05. The first-order chi connectivity index (χ1) is 7.39. The lowest BCUT2D eigenvalue weighted by Crippen LogP contribution is -2.48. The fourth-order valence-corrected chi connectivity index (χ4v) is 1.32. The van der Waals surface area contributed by atoms with Crippen LogP contribution >= 0.6 is 0 Å². The highest BCUT2D eigenvalue weighted by Gasteiger charge is 2.39. The van der Waals surface area contributed by atoms with E-state index in [2.05, 4.69) is 25.9 Å². The van der Waals surface area contributed by atoms with Crippen molar-refractivity contribution in [2.45, 2.75) is 33.3 Å². The lowest BCUT2D eigenvalue weighted by molar-refractivity contribution is -0.00934. The van der Waals surface area contributed by atoms with E-state index in [4.69, 9.17) is 10.3 Å². The Morgan fingerprint density at radius 2 is 1.69 bits per heavy atom. The van der Waals surface area contributed by atoms with Crippen LogP contribution in [-0.2, 0) is 0 Å². The van der Waals surface area contributed by atoms with E-state index in [0.717, 1.165) is 5.75 Å². The van der Waals surface area contributed by atoms with E-state index in [1.54, 1.807) is 0 Å². The van der Waals surface area contributed by atoms with Gasteiger partial charge in [0.2, 0.25) is 0 Å². The molecule has 88 valence electrons. The van der Waals surface area contributed by atoms with Crippen LogP contribution in [0.3, 0.4) is 0 Å². The number of benzene rings is 1. The maximum atomic E-state index is 7.05. The summed E-state index contributed by atoms with van der Waals surface area (Å²) in [4.78, 5) is 0. The van der Waals surface area contributed by atoms with Crippen LogP contribution in [-0.4, -0.2) is 12.1 Å². The monoisotopic (exact) mass is 220 g/mol. The fraction of sp³-hybridized carbons (Fsp3) is 0.538. The molecule has 0 aliphatic heterocycles. The molecule has 0 amide bonds. The molecule has 0 saturated carbocycles. The number of nitrogens with zero attached hydrogens (tertiary/aromatic N) is 1. The Labute approximate surface area is 97.3 Å². The van der Waals surface area contributed by atoms with Gasteiger partial charge >= 0.3 is 0 Å². The second kappa shape index (κ2) is 4.64. The molecule has 16 heavy (non-hydrogen) atoms. The molecule has 1 unspecified atom stereocenters. The minimum absolute atomic E-state index is 0.0760. The molecule has 0 aliphatic rings. The molecule has 0 spiro atoms. The van der Waals surface area contributed by atoms with Gasteiger partial charge < -0.3 is 4.74 Å². The van der Waals surface area contributed by atoms with Crippen LogP contribution < -0.4 is 4.74 Å². The largest absolute Gasteiger partial charge is 0.485 e. The number of rotatable bonds is 4. The van der Waals surface area contributed by atoms with E-state index >= 15 is 0 Å². The third-order valence-electron chi connectivity index (χ3n) is 3.05. The summed E-state index contributed by atoms with van der Waals surface area (Å²) in [7, 11) is 0. The van der Waals surface area contributed by atoms with Gasteiger partial charge in [-0.2, -0.15) is 5.11 Å². The van der Waals surface area contributed by atoms with E-state index < -0.39 is 5.60 Å². The van der Waals surface area contributed by atoms with E-state index in [9.17, 15) is 0 Å². The van der Waals surface area contributed by atoms with Gasteiger partial charge in [0.05, 0.1) is 6.54 Å². The van der Waals surface area contributed by atoms with Gasteiger partial charge in [-0.1, -0.05) is 39.0 Å². The molecule has 0 aliphatic carbocycles. The zero-order chi connectivity index (χ0) is 12.2. The smallest absolute Gasteiger partial charge is 0.132 e. The van der Waals surface area contributed by atoms with Gasteiger partial charge in [0.15, 0.2) is 0 Å². The van der Waals surface area contributed by atoms with E-state index in [0.29, 0.717) is 6.54 Å². The highest BCUT2D eigenvalue weighted by atomic mass is 16.5. The Morgan fingerprint density at radius 3 is 2.12 bits per heavy atom. The predicted octanol–water partition coefficient (Wildman–Crippen LogP) is 3.90. The van der Waals surface area contributed by atoms with Crippen molar-refractivity contribution in [1.29, 1.82) is 5.53 Å². The first-order valence-corrected chi connectivity index (χ1v) is 5.46. The van der Waals surface area contributed by atoms with Crippen LogP contribution in [0.1, 0.15) is 27.7 Å². The zero-order valence-corrected chi connectivity index (χ0v) is 10.4. The molecule has 0 saturated heterocycles. The Morgan fingerprint density at radius 1 is 1.12 bits per heavy atom. The van der Waals surface area contributed by atoms with Crippen molar-refractivity contribution in [2.24, 2.45) is 10.5 Å². The molecule has 1 N–H and O–H groups in total. The summed E-state index contributed by atoms with van der Waals surface area (Å²) in [5, 5.41) is 3.50. The Kier molecular flexibility index (Phi) is 3.68. The second-order valence-electron chi connectivity index (χ2n) is 5.21. The van der Waals surface area contributed by atoms with Crippen molar-refractivity contribution in [1.82, 2.24) is 0 Å². The number of ether oxygens (including phenoxy) is 1. The first-order valence-electron chi connectivity index (χ1n) is 5.46. The molecule has 3 nitrogen and oxygen atoms in total. The standard InChI is InChI=1S/C13H20N2O/c1-12(2,3)13(4,10-15-14)16-11-8-6-5-7-9-11/h5-9,14H,10H2,1-4H3. The molecule has 3 heteroatoms. The van der Waals surface area contributed by atoms with Gasteiger partial charge in [-0.25, -0.2) is 5.53 Å². The van der Waals surface area contributed by atoms with Crippen molar-refractivity contribution in [2.75, 3.05) is 6.54 Å². The highest BCUT2D eigenvalue weighted by molar-refractivity contribution is 5.22.